The number of non-ortho nitro benzene ring substituents is 1. The fourth-order valence-corrected chi connectivity index (χ4v) is 1.87. The lowest BCUT2D eigenvalue weighted by Gasteiger charge is -2.13. The number of nitrogens with two attached hydrogens (primary N) is 1. The van der Waals surface area contributed by atoms with Crippen molar-refractivity contribution in [1.82, 2.24) is 0 Å². The summed E-state index contributed by atoms with van der Waals surface area (Å²) in [4.78, 5) is 10.4. The minimum Gasteiger partial charge on any atom is -0.489 e. The molecular weight excluding hydrogens is 256 g/mol. The summed E-state index contributed by atoms with van der Waals surface area (Å²) in [5.41, 5.74) is 7.53. The lowest BCUT2D eigenvalue weighted by Crippen LogP contribution is -2.08. The van der Waals surface area contributed by atoms with Gasteiger partial charge in [0, 0.05) is 23.7 Å². The van der Waals surface area contributed by atoms with Gasteiger partial charge in [0.2, 0.25) is 0 Å². The van der Waals surface area contributed by atoms with Crippen molar-refractivity contribution >= 4 is 5.69 Å². The van der Waals surface area contributed by atoms with Gasteiger partial charge >= 0.3 is 0 Å². The van der Waals surface area contributed by atoms with Gasteiger partial charge in [-0.15, -0.1) is 0 Å². The van der Waals surface area contributed by atoms with Crippen LogP contribution in [0.25, 0.3) is 0 Å². The van der Waals surface area contributed by atoms with Crippen molar-refractivity contribution < 1.29 is 9.66 Å². The SMILES string of the molecule is CC(N)c1cc([N+](=O)[O-])ccc1OCc1ccccc1. The van der Waals surface area contributed by atoms with Crippen LogP contribution in [0.4, 0.5) is 5.69 Å². The average Bonchev–Trinajstić information content (AvgIpc) is 2.45. The second-order valence-electron chi connectivity index (χ2n) is 4.54. The van der Waals surface area contributed by atoms with Gasteiger partial charge in [0.1, 0.15) is 12.4 Å². The van der Waals surface area contributed by atoms with Crippen LogP contribution in [0.15, 0.2) is 48.5 Å². The normalized spacial score (nSPS) is 11.9. The van der Waals surface area contributed by atoms with E-state index in [9.17, 15) is 10.1 Å². The molecule has 0 spiro atoms. The molecule has 0 amide bonds. The highest BCUT2D eigenvalue weighted by atomic mass is 16.6. The minimum atomic E-state index is -0.438. The quantitative estimate of drug-likeness (QED) is 0.669. The van der Waals surface area contributed by atoms with Crippen LogP contribution < -0.4 is 10.5 Å². The number of hydrogen-bond donors (Lipinski definition) is 1. The van der Waals surface area contributed by atoms with Crippen LogP contribution in [-0.4, -0.2) is 4.92 Å². The molecule has 2 aromatic carbocycles. The molecule has 0 heterocycles. The molecule has 0 aliphatic rings. The second-order valence-corrected chi connectivity index (χ2v) is 4.54. The van der Waals surface area contributed by atoms with Crippen molar-refractivity contribution in [2.24, 2.45) is 5.73 Å². The molecule has 0 fully saturated rings. The summed E-state index contributed by atoms with van der Waals surface area (Å²) in [5, 5.41) is 10.8. The van der Waals surface area contributed by atoms with Gasteiger partial charge in [-0.2, -0.15) is 0 Å². The molecule has 1 atom stereocenters. The standard InChI is InChI=1S/C15H16N2O3/c1-11(16)14-9-13(17(18)19)7-8-15(14)20-10-12-5-3-2-4-6-12/h2-9,11H,10,16H2,1H3. The van der Waals surface area contributed by atoms with Gasteiger partial charge in [0.05, 0.1) is 4.92 Å². The molecule has 2 aromatic rings. The third-order valence-electron chi connectivity index (χ3n) is 2.93. The Balaban J connectivity index is 2.20. The summed E-state index contributed by atoms with van der Waals surface area (Å²) in [7, 11) is 0. The molecule has 1 unspecified atom stereocenters. The van der Waals surface area contributed by atoms with Crippen LogP contribution in [-0.2, 0) is 6.61 Å². The summed E-state index contributed by atoms with van der Waals surface area (Å²) >= 11 is 0. The summed E-state index contributed by atoms with van der Waals surface area (Å²) in [6.45, 7) is 2.17. The van der Waals surface area contributed by atoms with E-state index in [1.54, 1.807) is 13.0 Å². The molecule has 0 aliphatic heterocycles. The maximum absolute atomic E-state index is 10.8. The molecule has 0 bridgehead atoms. The van der Waals surface area contributed by atoms with E-state index in [0.717, 1.165) is 5.56 Å². The van der Waals surface area contributed by atoms with E-state index in [2.05, 4.69) is 0 Å². The highest BCUT2D eigenvalue weighted by Crippen LogP contribution is 2.28. The Kier molecular flexibility index (Phi) is 4.32. The third-order valence-corrected chi connectivity index (χ3v) is 2.93. The van der Waals surface area contributed by atoms with Gasteiger partial charge in [0.25, 0.3) is 5.69 Å². The molecule has 0 aromatic heterocycles. The smallest absolute Gasteiger partial charge is 0.270 e. The molecule has 104 valence electrons. The Labute approximate surface area is 117 Å². The molecule has 5 nitrogen and oxygen atoms in total. The van der Waals surface area contributed by atoms with Crippen LogP contribution in [0.3, 0.4) is 0 Å². The zero-order valence-electron chi connectivity index (χ0n) is 11.2. The second kappa shape index (κ2) is 6.16. The van der Waals surface area contributed by atoms with Crippen molar-refractivity contribution in [3.8, 4) is 5.75 Å². The van der Waals surface area contributed by atoms with Crippen LogP contribution in [0, 0.1) is 10.1 Å². The fraction of sp³-hybridized carbons (Fsp3) is 0.200. The predicted molar refractivity (Wildman–Crippen MR) is 76.5 cm³/mol. The lowest BCUT2D eigenvalue weighted by molar-refractivity contribution is -0.385. The number of benzene rings is 2. The maximum Gasteiger partial charge on any atom is 0.270 e. The maximum atomic E-state index is 10.8. The van der Waals surface area contributed by atoms with E-state index in [1.807, 2.05) is 30.3 Å². The number of nitro groups is 1. The van der Waals surface area contributed by atoms with Crippen molar-refractivity contribution in [2.75, 3.05) is 0 Å². The predicted octanol–water partition coefficient (Wildman–Crippen LogP) is 3.19. The largest absolute Gasteiger partial charge is 0.489 e. The molecule has 2 N–H and O–H groups in total. The van der Waals surface area contributed by atoms with Gasteiger partial charge < -0.3 is 10.5 Å². The van der Waals surface area contributed by atoms with Crippen molar-refractivity contribution in [1.29, 1.82) is 0 Å². The number of nitrogens with zero attached hydrogens (tertiary/aromatic N) is 1. The fourth-order valence-electron chi connectivity index (χ4n) is 1.87. The number of rotatable bonds is 5. The number of hydrogen-bond acceptors (Lipinski definition) is 4. The first-order chi connectivity index (χ1) is 9.58. The van der Waals surface area contributed by atoms with E-state index in [4.69, 9.17) is 10.5 Å². The summed E-state index contributed by atoms with van der Waals surface area (Å²) in [5.74, 6) is 0.578. The molecule has 5 heteroatoms. The van der Waals surface area contributed by atoms with E-state index in [1.165, 1.54) is 12.1 Å². The summed E-state index contributed by atoms with van der Waals surface area (Å²) in [6, 6.07) is 13.9. The van der Waals surface area contributed by atoms with Gasteiger partial charge in [0.15, 0.2) is 0 Å². The first-order valence-corrected chi connectivity index (χ1v) is 6.28. The molecule has 0 saturated heterocycles. The number of nitro benzene ring substituents is 1. The molecule has 2 rings (SSSR count). The number of ether oxygens (including phenoxy) is 1. The molecular formula is C15H16N2O3. The molecule has 20 heavy (non-hydrogen) atoms. The first-order valence-electron chi connectivity index (χ1n) is 6.28. The van der Waals surface area contributed by atoms with Gasteiger partial charge in [-0.05, 0) is 18.6 Å². The minimum absolute atomic E-state index is 0.0179. The van der Waals surface area contributed by atoms with E-state index in [0.29, 0.717) is 17.9 Å². The van der Waals surface area contributed by atoms with Crippen molar-refractivity contribution in [2.45, 2.75) is 19.6 Å². The van der Waals surface area contributed by atoms with Crippen LogP contribution in [0.1, 0.15) is 24.1 Å². The lowest BCUT2D eigenvalue weighted by atomic mass is 10.1. The zero-order valence-corrected chi connectivity index (χ0v) is 11.2. The average molecular weight is 272 g/mol. The molecule has 0 aliphatic carbocycles. The van der Waals surface area contributed by atoms with E-state index < -0.39 is 4.92 Å². The van der Waals surface area contributed by atoms with Crippen LogP contribution in [0.5, 0.6) is 5.75 Å². The Morgan fingerprint density at radius 3 is 2.55 bits per heavy atom. The Morgan fingerprint density at radius 1 is 1.25 bits per heavy atom. The highest BCUT2D eigenvalue weighted by molar-refractivity contribution is 5.45. The Bertz CT molecular complexity index is 597. The molecule has 0 saturated carbocycles. The van der Waals surface area contributed by atoms with Crippen LogP contribution >= 0.6 is 0 Å². The topological polar surface area (TPSA) is 78.4 Å². The Morgan fingerprint density at radius 2 is 1.95 bits per heavy atom. The van der Waals surface area contributed by atoms with Gasteiger partial charge in [-0.25, -0.2) is 0 Å². The third kappa shape index (κ3) is 3.33. The van der Waals surface area contributed by atoms with Gasteiger partial charge in [-0.1, -0.05) is 30.3 Å². The van der Waals surface area contributed by atoms with E-state index >= 15 is 0 Å². The molecule has 0 radical (unpaired) electrons. The zero-order chi connectivity index (χ0) is 14.5. The monoisotopic (exact) mass is 272 g/mol. The van der Waals surface area contributed by atoms with Crippen molar-refractivity contribution in [3.63, 3.8) is 0 Å². The highest BCUT2D eigenvalue weighted by Gasteiger charge is 2.14. The first kappa shape index (κ1) is 14.0. The van der Waals surface area contributed by atoms with Crippen LogP contribution in [0.2, 0.25) is 0 Å². The Hall–Kier alpha value is -2.40. The summed E-state index contributed by atoms with van der Waals surface area (Å²) < 4.78 is 5.72. The summed E-state index contributed by atoms with van der Waals surface area (Å²) in [6.07, 6.45) is 0. The van der Waals surface area contributed by atoms with Gasteiger partial charge in [-0.3, -0.25) is 10.1 Å². The van der Waals surface area contributed by atoms with E-state index in [-0.39, 0.29) is 11.7 Å². The van der Waals surface area contributed by atoms with Crippen molar-refractivity contribution in [3.05, 3.63) is 69.8 Å².